The lowest BCUT2D eigenvalue weighted by atomic mass is 10.2. The number of carbonyl (C=O) groups is 1. The molecule has 2 rings (SSSR count). The van der Waals surface area contributed by atoms with Crippen LogP contribution >= 0.6 is 0 Å². The summed E-state index contributed by atoms with van der Waals surface area (Å²) in [5.41, 5.74) is 0.286. The van der Waals surface area contributed by atoms with Crippen LogP contribution in [0.15, 0.2) is 42.5 Å². The molecule has 0 aliphatic heterocycles. The molecule has 0 aliphatic carbocycles. The third-order valence-corrected chi connectivity index (χ3v) is 3.39. The Balaban J connectivity index is 2.10. The van der Waals surface area contributed by atoms with Gasteiger partial charge in [0.15, 0.2) is 23.4 Å². The summed E-state index contributed by atoms with van der Waals surface area (Å²) in [7, 11) is 3.00. The molecule has 0 bridgehead atoms. The van der Waals surface area contributed by atoms with Crippen LogP contribution in [0, 0.1) is 10.1 Å². The molecular formula is C17H18N2O6. The van der Waals surface area contributed by atoms with E-state index in [2.05, 4.69) is 5.32 Å². The van der Waals surface area contributed by atoms with Gasteiger partial charge in [0.25, 0.3) is 5.91 Å². The van der Waals surface area contributed by atoms with Crippen molar-refractivity contribution >= 4 is 17.3 Å². The first kappa shape index (κ1) is 18.1. The number of amides is 1. The van der Waals surface area contributed by atoms with Gasteiger partial charge >= 0.3 is 5.69 Å². The van der Waals surface area contributed by atoms with E-state index in [1.165, 1.54) is 39.3 Å². The Kier molecular flexibility index (Phi) is 5.78. The molecule has 1 N–H and O–H groups in total. The molecule has 132 valence electrons. The van der Waals surface area contributed by atoms with Crippen molar-refractivity contribution < 1.29 is 23.9 Å². The minimum absolute atomic E-state index is 0.0301. The van der Waals surface area contributed by atoms with Crippen molar-refractivity contribution in [3.8, 4) is 17.2 Å². The Bertz CT molecular complexity index is 777. The summed E-state index contributed by atoms with van der Waals surface area (Å²) in [6, 6.07) is 10.8. The number of nitro groups is 1. The van der Waals surface area contributed by atoms with E-state index in [1.807, 2.05) is 0 Å². The normalized spacial score (nSPS) is 11.3. The van der Waals surface area contributed by atoms with Gasteiger partial charge in [0.1, 0.15) is 0 Å². The Hall–Kier alpha value is -3.29. The molecule has 8 heteroatoms. The topological polar surface area (TPSA) is 99.9 Å². The number of anilines is 1. The highest BCUT2D eigenvalue weighted by Gasteiger charge is 2.21. The second kappa shape index (κ2) is 8.00. The number of ether oxygens (including phenoxy) is 3. The van der Waals surface area contributed by atoms with Crippen LogP contribution in [-0.2, 0) is 4.79 Å². The number of nitrogens with zero attached hydrogens (tertiary/aromatic N) is 1. The molecule has 8 nitrogen and oxygen atoms in total. The summed E-state index contributed by atoms with van der Waals surface area (Å²) in [6.45, 7) is 1.51. The highest BCUT2D eigenvalue weighted by atomic mass is 16.6. The standard InChI is InChI=1S/C17H18N2O6/c1-11(25-14-7-5-4-6-13(14)19(21)22)17(20)18-12-8-9-15(23-2)16(10-12)24-3/h4-11H,1-3H3,(H,18,20). The van der Waals surface area contributed by atoms with Crippen molar-refractivity contribution in [1.29, 1.82) is 0 Å². The van der Waals surface area contributed by atoms with Gasteiger partial charge in [0.05, 0.1) is 19.1 Å². The van der Waals surface area contributed by atoms with Crippen LogP contribution in [0.25, 0.3) is 0 Å². The number of rotatable bonds is 7. The van der Waals surface area contributed by atoms with Crippen LogP contribution in [0.5, 0.6) is 17.2 Å². The van der Waals surface area contributed by atoms with E-state index in [0.29, 0.717) is 17.2 Å². The predicted octanol–water partition coefficient (Wildman–Crippen LogP) is 3.02. The predicted molar refractivity (Wildman–Crippen MR) is 91.4 cm³/mol. The van der Waals surface area contributed by atoms with Gasteiger partial charge in [-0.2, -0.15) is 0 Å². The van der Waals surface area contributed by atoms with Crippen LogP contribution in [0.1, 0.15) is 6.92 Å². The van der Waals surface area contributed by atoms with Crippen LogP contribution in [-0.4, -0.2) is 31.2 Å². The van der Waals surface area contributed by atoms with Gasteiger partial charge in [0.2, 0.25) is 0 Å². The zero-order chi connectivity index (χ0) is 18.4. The fourth-order valence-corrected chi connectivity index (χ4v) is 2.11. The van der Waals surface area contributed by atoms with E-state index in [0.717, 1.165) is 0 Å². The van der Waals surface area contributed by atoms with Crippen LogP contribution in [0.3, 0.4) is 0 Å². The van der Waals surface area contributed by atoms with Gasteiger partial charge in [-0.25, -0.2) is 0 Å². The van der Waals surface area contributed by atoms with Crippen molar-refractivity contribution in [2.75, 3.05) is 19.5 Å². The van der Waals surface area contributed by atoms with Gasteiger partial charge in [-0.1, -0.05) is 12.1 Å². The smallest absolute Gasteiger partial charge is 0.310 e. The van der Waals surface area contributed by atoms with Gasteiger partial charge in [-0.15, -0.1) is 0 Å². The number of nitrogens with one attached hydrogen (secondary N) is 1. The van der Waals surface area contributed by atoms with E-state index in [9.17, 15) is 14.9 Å². The Morgan fingerprint density at radius 3 is 2.40 bits per heavy atom. The van der Waals surface area contributed by atoms with Crippen LogP contribution < -0.4 is 19.5 Å². The largest absolute Gasteiger partial charge is 0.493 e. The summed E-state index contributed by atoms with van der Waals surface area (Å²) in [5.74, 6) is 0.574. The summed E-state index contributed by atoms with van der Waals surface area (Å²) in [4.78, 5) is 22.7. The summed E-state index contributed by atoms with van der Waals surface area (Å²) >= 11 is 0. The van der Waals surface area contributed by atoms with E-state index < -0.39 is 16.9 Å². The molecule has 0 aromatic heterocycles. The first-order valence-electron chi connectivity index (χ1n) is 7.39. The van der Waals surface area contributed by atoms with Crippen molar-refractivity contribution in [2.45, 2.75) is 13.0 Å². The zero-order valence-electron chi connectivity index (χ0n) is 14.0. The number of carbonyl (C=O) groups excluding carboxylic acids is 1. The number of nitro benzene ring substituents is 1. The molecule has 0 aliphatic rings. The van der Waals surface area contributed by atoms with Crippen LogP contribution in [0.4, 0.5) is 11.4 Å². The second-order valence-corrected chi connectivity index (χ2v) is 5.04. The third-order valence-electron chi connectivity index (χ3n) is 3.39. The summed E-state index contributed by atoms with van der Waals surface area (Å²) in [6.07, 6.45) is -0.936. The molecule has 2 aromatic carbocycles. The minimum atomic E-state index is -0.936. The maximum Gasteiger partial charge on any atom is 0.310 e. The minimum Gasteiger partial charge on any atom is -0.493 e. The molecule has 0 saturated carbocycles. The number of hydrogen-bond acceptors (Lipinski definition) is 6. The summed E-state index contributed by atoms with van der Waals surface area (Å²) < 4.78 is 15.7. The number of para-hydroxylation sites is 2. The average molecular weight is 346 g/mol. The molecule has 0 heterocycles. The molecule has 0 radical (unpaired) electrons. The lowest BCUT2D eigenvalue weighted by molar-refractivity contribution is -0.386. The lowest BCUT2D eigenvalue weighted by Crippen LogP contribution is -2.30. The summed E-state index contributed by atoms with van der Waals surface area (Å²) in [5, 5.41) is 13.7. The Morgan fingerprint density at radius 2 is 1.76 bits per heavy atom. The fourth-order valence-electron chi connectivity index (χ4n) is 2.11. The average Bonchev–Trinajstić information content (AvgIpc) is 2.61. The SMILES string of the molecule is COc1ccc(NC(=O)C(C)Oc2ccccc2[N+](=O)[O-])cc1OC. The Labute approximate surface area is 144 Å². The van der Waals surface area contributed by atoms with Crippen molar-refractivity contribution in [2.24, 2.45) is 0 Å². The monoisotopic (exact) mass is 346 g/mol. The van der Waals surface area contributed by atoms with Crippen molar-refractivity contribution in [3.63, 3.8) is 0 Å². The molecule has 1 amide bonds. The number of methoxy groups -OCH3 is 2. The van der Waals surface area contributed by atoms with Crippen molar-refractivity contribution in [1.82, 2.24) is 0 Å². The zero-order valence-corrected chi connectivity index (χ0v) is 14.0. The molecule has 0 spiro atoms. The molecule has 0 saturated heterocycles. The van der Waals surface area contributed by atoms with E-state index in [1.54, 1.807) is 24.3 Å². The molecule has 25 heavy (non-hydrogen) atoms. The quantitative estimate of drug-likeness (QED) is 0.611. The maximum absolute atomic E-state index is 12.3. The van der Waals surface area contributed by atoms with Gasteiger partial charge in [0, 0.05) is 17.8 Å². The fraction of sp³-hybridized carbons (Fsp3) is 0.235. The first-order valence-corrected chi connectivity index (χ1v) is 7.39. The second-order valence-electron chi connectivity index (χ2n) is 5.04. The van der Waals surface area contributed by atoms with Gasteiger partial charge in [-0.05, 0) is 25.1 Å². The van der Waals surface area contributed by atoms with Crippen molar-refractivity contribution in [3.05, 3.63) is 52.6 Å². The molecule has 2 aromatic rings. The Morgan fingerprint density at radius 1 is 1.08 bits per heavy atom. The lowest BCUT2D eigenvalue weighted by Gasteiger charge is -2.15. The molecule has 0 fully saturated rings. The third kappa shape index (κ3) is 4.37. The highest BCUT2D eigenvalue weighted by molar-refractivity contribution is 5.94. The first-order chi connectivity index (χ1) is 12.0. The van der Waals surface area contributed by atoms with Gasteiger partial charge in [-0.3, -0.25) is 14.9 Å². The number of benzene rings is 2. The molecular weight excluding hydrogens is 328 g/mol. The van der Waals surface area contributed by atoms with Crippen LogP contribution in [0.2, 0.25) is 0 Å². The highest BCUT2D eigenvalue weighted by Crippen LogP contribution is 2.30. The van der Waals surface area contributed by atoms with E-state index in [-0.39, 0.29) is 11.4 Å². The maximum atomic E-state index is 12.3. The van der Waals surface area contributed by atoms with E-state index in [4.69, 9.17) is 14.2 Å². The number of hydrogen-bond donors (Lipinski definition) is 1. The molecule has 1 atom stereocenters. The molecule has 1 unspecified atom stereocenters. The van der Waals surface area contributed by atoms with Gasteiger partial charge < -0.3 is 19.5 Å². The van der Waals surface area contributed by atoms with E-state index >= 15 is 0 Å².